The summed E-state index contributed by atoms with van der Waals surface area (Å²) in [6, 6.07) is 0. The Morgan fingerprint density at radius 1 is 1.22 bits per heavy atom. The Bertz CT molecular complexity index is 88.2. The Morgan fingerprint density at radius 3 is 2.56 bits per heavy atom. The van der Waals surface area contributed by atoms with Crippen LogP contribution in [0.3, 0.4) is 0 Å². The first-order valence-electron chi connectivity index (χ1n) is 3.47. The molecule has 0 nitrogen and oxygen atoms in total. The van der Waals surface area contributed by atoms with E-state index in [9.17, 15) is 0 Å². The maximum Gasteiger partial charge on any atom is -0.0169 e. The SMILES string of the molecule is [CH2]CCC=CCC=CC. The summed E-state index contributed by atoms with van der Waals surface area (Å²) in [5, 5.41) is 0. The lowest BCUT2D eigenvalue weighted by Gasteiger charge is -1.81. The monoisotopic (exact) mass is 123 g/mol. The first-order valence-corrected chi connectivity index (χ1v) is 3.47. The Kier molecular flexibility index (Phi) is 7.05. The van der Waals surface area contributed by atoms with E-state index < -0.39 is 0 Å². The third-order valence-corrected chi connectivity index (χ3v) is 1.05. The van der Waals surface area contributed by atoms with Gasteiger partial charge in [0.05, 0.1) is 0 Å². The summed E-state index contributed by atoms with van der Waals surface area (Å²) in [7, 11) is 0. The Balaban J connectivity index is 3.04. The molecule has 0 heterocycles. The lowest BCUT2D eigenvalue weighted by Crippen LogP contribution is -1.61. The molecule has 0 N–H and O–H groups in total. The van der Waals surface area contributed by atoms with Gasteiger partial charge in [0.1, 0.15) is 0 Å². The molecule has 51 valence electrons. The van der Waals surface area contributed by atoms with Crippen molar-refractivity contribution in [2.45, 2.75) is 26.2 Å². The van der Waals surface area contributed by atoms with E-state index in [2.05, 4.69) is 31.2 Å². The molecule has 9 heavy (non-hydrogen) atoms. The summed E-state index contributed by atoms with van der Waals surface area (Å²) < 4.78 is 0. The van der Waals surface area contributed by atoms with Gasteiger partial charge in [-0.1, -0.05) is 31.2 Å². The lowest BCUT2D eigenvalue weighted by molar-refractivity contribution is 1.04. The molecule has 0 atom stereocenters. The van der Waals surface area contributed by atoms with Crippen molar-refractivity contribution in [2.24, 2.45) is 0 Å². The van der Waals surface area contributed by atoms with Gasteiger partial charge < -0.3 is 0 Å². The fourth-order valence-electron chi connectivity index (χ4n) is 0.547. The highest BCUT2D eigenvalue weighted by Gasteiger charge is 1.70. The van der Waals surface area contributed by atoms with Crippen LogP contribution in [0.2, 0.25) is 0 Å². The zero-order valence-corrected chi connectivity index (χ0v) is 6.14. The Labute approximate surface area is 58.3 Å². The normalized spacial score (nSPS) is 11.8. The van der Waals surface area contributed by atoms with E-state index in [1.165, 1.54) is 0 Å². The maximum absolute atomic E-state index is 3.73. The molecule has 0 aliphatic heterocycles. The number of rotatable bonds is 4. The molecule has 0 aliphatic rings. The highest BCUT2D eigenvalue weighted by atomic mass is 13.8. The number of hydrogen-bond donors (Lipinski definition) is 0. The predicted octanol–water partition coefficient (Wildman–Crippen LogP) is 3.12. The molecule has 0 aromatic heterocycles. The van der Waals surface area contributed by atoms with Crippen LogP contribution >= 0.6 is 0 Å². The van der Waals surface area contributed by atoms with Crippen molar-refractivity contribution < 1.29 is 0 Å². The summed E-state index contributed by atoms with van der Waals surface area (Å²) >= 11 is 0. The van der Waals surface area contributed by atoms with Gasteiger partial charge in [-0.3, -0.25) is 0 Å². The fraction of sp³-hybridized carbons (Fsp3) is 0.444. The van der Waals surface area contributed by atoms with Crippen molar-refractivity contribution in [2.75, 3.05) is 0 Å². The van der Waals surface area contributed by atoms with Gasteiger partial charge in [-0.25, -0.2) is 0 Å². The molecule has 0 aromatic carbocycles. The van der Waals surface area contributed by atoms with Crippen molar-refractivity contribution in [1.29, 1.82) is 0 Å². The number of hydrogen-bond acceptors (Lipinski definition) is 0. The lowest BCUT2D eigenvalue weighted by atomic mass is 10.3. The van der Waals surface area contributed by atoms with Crippen molar-refractivity contribution in [1.82, 2.24) is 0 Å². The van der Waals surface area contributed by atoms with Crippen LogP contribution in [0, 0.1) is 6.92 Å². The standard InChI is InChI=1S/C9H15/c1-3-5-7-9-8-6-4-2/h4,6-7,9H,1,3,5,8H2,2H3. The molecule has 0 saturated heterocycles. The van der Waals surface area contributed by atoms with Gasteiger partial charge in [-0.2, -0.15) is 0 Å². The summed E-state index contributed by atoms with van der Waals surface area (Å²) in [6.45, 7) is 5.77. The van der Waals surface area contributed by atoms with Gasteiger partial charge in [0.15, 0.2) is 0 Å². The topological polar surface area (TPSA) is 0 Å². The molecule has 0 heteroatoms. The van der Waals surface area contributed by atoms with Crippen LogP contribution in [0.25, 0.3) is 0 Å². The highest BCUT2D eigenvalue weighted by Crippen LogP contribution is 1.91. The van der Waals surface area contributed by atoms with Gasteiger partial charge in [0.25, 0.3) is 0 Å². The third kappa shape index (κ3) is 7.48. The molecule has 0 fully saturated rings. The predicted molar refractivity (Wildman–Crippen MR) is 43.2 cm³/mol. The molecule has 0 aromatic rings. The van der Waals surface area contributed by atoms with E-state index in [1.54, 1.807) is 0 Å². The molecule has 0 spiro atoms. The maximum atomic E-state index is 3.73. The molecule has 0 aliphatic carbocycles. The molecular weight excluding hydrogens is 108 g/mol. The van der Waals surface area contributed by atoms with E-state index in [4.69, 9.17) is 0 Å². The fourth-order valence-corrected chi connectivity index (χ4v) is 0.547. The second-order valence-corrected chi connectivity index (χ2v) is 1.92. The molecular formula is C9H15. The van der Waals surface area contributed by atoms with E-state index in [0.29, 0.717) is 0 Å². The minimum Gasteiger partial charge on any atom is -0.0914 e. The van der Waals surface area contributed by atoms with Crippen LogP contribution < -0.4 is 0 Å². The quantitative estimate of drug-likeness (QED) is 0.504. The van der Waals surface area contributed by atoms with Crippen molar-refractivity contribution in [3.63, 3.8) is 0 Å². The molecule has 1 radical (unpaired) electrons. The summed E-state index contributed by atoms with van der Waals surface area (Å²) in [5.41, 5.74) is 0. The molecule has 0 rings (SSSR count). The zero-order chi connectivity index (χ0) is 6.95. The van der Waals surface area contributed by atoms with Crippen molar-refractivity contribution in [3.8, 4) is 0 Å². The van der Waals surface area contributed by atoms with E-state index in [-0.39, 0.29) is 0 Å². The second-order valence-electron chi connectivity index (χ2n) is 1.92. The zero-order valence-electron chi connectivity index (χ0n) is 6.14. The van der Waals surface area contributed by atoms with Gasteiger partial charge >= 0.3 is 0 Å². The Hall–Kier alpha value is -0.520. The first kappa shape index (κ1) is 8.48. The summed E-state index contributed by atoms with van der Waals surface area (Å²) in [6.07, 6.45) is 11.7. The first-order chi connectivity index (χ1) is 4.41. The van der Waals surface area contributed by atoms with Crippen molar-refractivity contribution >= 4 is 0 Å². The minimum absolute atomic E-state index is 1.01. The average Bonchev–Trinajstić information content (AvgIpc) is 1.89. The van der Waals surface area contributed by atoms with Gasteiger partial charge in [-0.05, 0) is 26.2 Å². The van der Waals surface area contributed by atoms with Gasteiger partial charge in [0, 0.05) is 0 Å². The van der Waals surface area contributed by atoms with Crippen LogP contribution in [-0.4, -0.2) is 0 Å². The van der Waals surface area contributed by atoms with Crippen LogP contribution in [0.4, 0.5) is 0 Å². The molecule has 0 bridgehead atoms. The minimum atomic E-state index is 1.01. The van der Waals surface area contributed by atoms with Gasteiger partial charge in [0.2, 0.25) is 0 Å². The van der Waals surface area contributed by atoms with Crippen molar-refractivity contribution in [3.05, 3.63) is 31.2 Å². The summed E-state index contributed by atoms with van der Waals surface area (Å²) in [4.78, 5) is 0. The van der Waals surface area contributed by atoms with Crippen LogP contribution in [-0.2, 0) is 0 Å². The van der Waals surface area contributed by atoms with Gasteiger partial charge in [-0.15, -0.1) is 0 Å². The average molecular weight is 123 g/mol. The molecule has 0 amide bonds. The third-order valence-electron chi connectivity index (χ3n) is 1.05. The molecule has 0 saturated carbocycles. The Morgan fingerprint density at radius 2 is 2.00 bits per heavy atom. The largest absolute Gasteiger partial charge is 0.0914 e. The number of unbranched alkanes of at least 4 members (excludes halogenated alkanes) is 1. The van der Waals surface area contributed by atoms with Crippen LogP contribution in [0.5, 0.6) is 0 Å². The van der Waals surface area contributed by atoms with E-state index >= 15 is 0 Å². The second kappa shape index (κ2) is 7.48. The number of allylic oxidation sites excluding steroid dienone is 4. The van der Waals surface area contributed by atoms with Crippen LogP contribution in [0.1, 0.15) is 26.2 Å². The smallest absolute Gasteiger partial charge is 0.0169 e. The van der Waals surface area contributed by atoms with E-state index in [1.807, 2.05) is 6.92 Å². The highest BCUT2D eigenvalue weighted by molar-refractivity contribution is 4.91. The van der Waals surface area contributed by atoms with Crippen LogP contribution in [0.15, 0.2) is 24.3 Å². The molecule has 0 unspecified atom stereocenters. The van der Waals surface area contributed by atoms with E-state index in [0.717, 1.165) is 19.3 Å². The summed E-state index contributed by atoms with van der Waals surface area (Å²) in [5.74, 6) is 0.